The molecule has 2 heterocycles. The lowest BCUT2D eigenvalue weighted by atomic mass is 10.0. The average molecular weight is 435 g/mol. The van der Waals surface area contributed by atoms with E-state index in [-0.39, 0.29) is 18.5 Å². The van der Waals surface area contributed by atoms with Crippen molar-refractivity contribution in [3.05, 3.63) is 82.8 Å². The van der Waals surface area contributed by atoms with Gasteiger partial charge in [0.25, 0.3) is 0 Å². The van der Waals surface area contributed by atoms with Gasteiger partial charge in [0.2, 0.25) is 0 Å². The van der Waals surface area contributed by atoms with Gasteiger partial charge in [-0.1, -0.05) is 36.4 Å². The Morgan fingerprint density at radius 2 is 1.94 bits per heavy atom. The van der Waals surface area contributed by atoms with Gasteiger partial charge in [0, 0.05) is 17.1 Å². The van der Waals surface area contributed by atoms with Crippen LogP contribution in [-0.2, 0) is 11.2 Å². The molecule has 0 spiro atoms. The fourth-order valence-corrected chi connectivity index (χ4v) is 4.21. The molecule has 3 N–H and O–H groups in total. The first-order valence-electron chi connectivity index (χ1n) is 9.91. The van der Waals surface area contributed by atoms with Gasteiger partial charge in [0.15, 0.2) is 0 Å². The van der Waals surface area contributed by atoms with Crippen LogP contribution < -0.4 is 10.6 Å². The van der Waals surface area contributed by atoms with Gasteiger partial charge >= 0.3 is 12.0 Å². The minimum atomic E-state index is -0.881. The molecule has 1 unspecified atom stereocenters. The topological polar surface area (TPSA) is 96.2 Å². The highest BCUT2D eigenvalue weighted by Crippen LogP contribution is 2.28. The van der Waals surface area contributed by atoms with Crippen molar-refractivity contribution in [3.8, 4) is 0 Å². The van der Waals surface area contributed by atoms with Crippen LogP contribution in [0, 0.1) is 0 Å². The van der Waals surface area contributed by atoms with Crippen LogP contribution in [0.15, 0.2) is 72.4 Å². The number of nitrogens with zero attached hydrogens (tertiary/aromatic N) is 2. The molecule has 4 aromatic rings. The highest BCUT2D eigenvalue weighted by molar-refractivity contribution is 7.09. The van der Waals surface area contributed by atoms with Crippen LogP contribution in [0.2, 0.25) is 0 Å². The fraction of sp³-hybridized carbons (Fsp3) is 0.174. The number of thiophene rings is 1. The predicted octanol–water partition coefficient (Wildman–Crippen LogP) is 4.53. The van der Waals surface area contributed by atoms with Gasteiger partial charge in [-0.05, 0) is 41.6 Å². The highest BCUT2D eigenvalue weighted by atomic mass is 32.1. The average Bonchev–Trinajstić information content (AvgIpc) is 3.42. The van der Waals surface area contributed by atoms with E-state index >= 15 is 0 Å². The standard InChI is InChI=1S/C23H22N4O3S/c28-22(29)14-21(16-5-2-1-3-6-16)27-15-25-19-13-17(8-9-20(19)27)26-23(30)24-11-10-18-7-4-12-31-18/h1-9,12-13,15,21H,10-11,14H2,(H,28,29)(H2,24,26,30). The van der Waals surface area contributed by atoms with Gasteiger partial charge in [-0.15, -0.1) is 11.3 Å². The third kappa shape index (κ3) is 5.10. The molecule has 2 amide bonds. The molecule has 4 rings (SSSR count). The number of benzene rings is 2. The Morgan fingerprint density at radius 3 is 2.68 bits per heavy atom. The second-order valence-electron chi connectivity index (χ2n) is 7.09. The third-order valence-corrected chi connectivity index (χ3v) is 5.89. The molecule has 0 fully saturated rings. The number of fused-ring (bicyclic) bond motifs is 1. The van der Waals surface area contributed by atoms with Gasteiger partial charge in [-0.3, -0.25) is 4.79 Å². The Labute approximate surface area is 183 Å². The molecule has 158 valence electrons. The SMILES string of the molecule is O=C(O)CC(c1ccccc1)n1cnc2cc(NC(=O)NCCc3cccs3)ccc21. The zero-order valence-corrected chi connectivity index (χ0v) is 17.5. The molecule has 0 aliphatic carbocycles. The summed E-state index contributed by atoms with van der Waals surface area (Å²) in [6.07, 6.45) is 2.39. The van der Waals surface area contributed by atoms with E-state index in [0.717, 1.165) is 17.5 Å². The molecule has 0 saturated heterocycles. The third-order valence-electron chi connectivity index (χ3n) is 4.96. The molecule has 0 saturated carbocycles. The molecule has 31 heavy (non-hydrogen) atoms. The van der Waals surface area contributed by atoms with E-state index in [1.165, 1.54) is 4.88 Å². The van der Waals surface area contributed by atoms with Crippen molar-refractivity contribution < 1.29 is 14.7 Å². The number of hydrogen-bond donors (Lipinski definition) is 3. The summed E-state index contributed by atoms with van der Waals surface area (Å²) in [7, 11) is 0. The molecular weight excluding hydrogens is 412 g/mol. The number of amides is 2. The van der Waals surface area contributed by atoms with Crippen LogP contribution in [0.1, 0.15) is 22.9 Å². The number of carbonyl (C=O) groups excluding carboxylic acids is 1. The molecule has 1 atom stereocenters. The lowest BCUT2D eigenvalue weighted by molar-refractivity contribution is -0.137. The quantitative estimate of drug-likeness (QED) is 0.380. The largest absolute Gasteiger partial charge is 0.481 e. The minimum absolute atomic E-state index is 0.0535. The summed E-state index contributed by atoms with van der Waals surface area (Å²) >= 11 is 1.67. The maximum absolute atomic E-state index is 12.2. The number of imidazole rings is 1. The van der Waals surface area contributed by atoms with E-state index in [0.29, 0.717) is 17.7 Å². The van der Waals surface area contributed by atoms with E-state index < -0.39 is 5.97 Å². The van der Waals surface area contributed by atoms with Crippen molar-refractivity contribution in [2.75, 3.05) is 11.9 Å². The molecule has 0 aliphatic rings. The van der Waals surface area contributed by atoms with Crippen molar-refractivity contribution in [1.82, 2.24) is 14.9 Å². The van der Waals surface area contributed by atoms with Gasteiger partial charge in [0.1, 0.15) is 0 Å². The van der Waals surface area contributed by atoms with Crippen LogP contribution in [0.4, 0.5) is 10.5 Å². The molecule has 2 aromatic carbocycles. The lowest BCUT2D eigenvalue weighted by Crippen LogP contribution is -2.30. The van der Waals surface area contributed by atoms with Crippen molar-refractivity contribution in [2.45, 2.75) is 18.9 Å². The first kappa shape index (κ1) is 20.6. The van der Waals surface area contributed by atoms with Gasteiger partial charge < -0.3 is 20.3 Å². The zero-order chi connectivity index (χ0) is 21.6. The summed E-state index contributed by atoms with van der Waals surface area (Å²) in [4.78, 5) is 29.3. The summed E-state index contributed by atoms with van der Waals surface area (Å²) in [5.41, 5.74) is 3.01. The Morgan fingerprint density at radius 1 is 1.10 bits per heavy atom. The van der Waals surface area contributed by atoms with Crippen LogP contribution >= 0.6 is 11.3 Å². The zero-order valence-electron chi connectivity index (χ0n) is 16.7. The van der Waals surface area contributed by atoms with Gasteiger partial charge in [-0.25, -0.2) is 9.78 Å². The second-order valence-corrected chi connectivity index (χ2v) is 8.12. The molecule has 0 bridgehead atoms. The number of hydrogen-bond acceptors (Lipinski definition) is 4. The van der Waals surface area contributed by atoms with E-state index in [1.807, 2.05) is 58.5 Å². The summed E-state index contributed by atoms with van der Waals surface area (Å²) in [5.74, 6) is -0.881. The first-order chi connectivity index (χ1) is 15.1. The van der Waals surface area contributed by atoms with Crippen LogP contribution in [0.5, 0.6) is 0 Å². The number of aliphatic carboxylic acids is 1. The maximum atomic E-state index is 12.2. The molecular formula is C23H22N4O3S. The van der Waals surface area contributed by atoms with Crippen LogP contribution in [-0.4, -0.2) is 33.2 Å². The monoisotopic (exact) mass is 434 g/mol. The maximum Gasteiger partial charge on any atom is 0.319 e. The Balaban J connectivity index is 1.48. The van der Waals surface area contributed by atoms with Crippen molar-refractivity contribution in [2.24, 2.45) is 0 Å². The number of anilines is 1. The molecule has 0 radical (unpaired) electrons. The second kappa shape index (κ2) is 9.44. The molecule has 0 aliphatic heterocycles. The van der Waals surface area contributed by atoms with Gasteiger partial charge in [-0.2, -0.15) is 0 Å². The summed E-state index contributed by atoms with van der Waals surface area (Å²) < 4.78 is 1.86. The van der Waals surface area contributed by atoms with Crippen molar-refractivity contribution in [1.29, 1.82) is 0 Å². The van der Waals surface area contributed by atoms with E-state index in [1.54, 1.807) is 29.8 Å². The lowest BCUT2D eigenvalue weighted by Gasteiger charge is -2.18. The normalized spacial score (nSPS) is 11.9. The number of rotatable bonds is 8. The molecule has 7 nitrogen and oxygen atoms in total. The van der Waals surface area contributed by atoms with Gasteiger partial charge in [0.05, 0.1) is 29.8 Å². The number of carbonyl (C=O) groups is 2. The number of carboxylic acids is 1. The Hall–Kier alpha value is -3.65. The molecule has 8 heteroatoms. The Kier molecular flexibility index (Phi) is 6.28. The van der Waals surface area contributed by atoms with Crippen LogP contribution in [0.25, 0.3) is 11.0 Å². The highest BCUT2D eigenvalue weighted by Gasteiger charge is 2.19. The Bertz CT molecular complexity index is 1170. The summed E-state index contributed by atoms with van der Waals surface area (Å²) in [6.45, 7) is 0.553. The number of carboxylic acid groups (broad SMARTS) is 1. The van der Waals surface area contributed by atoms with Crippen molar-refractivity contribution in [3.63, 3.8) is 0 Å². The number of urea groups is 1. The van der Waals surface area contributed by atoms with Crippen LogP contribution in [0.3, 0.4) is 0 Å². The summed E-state index contributed by atoms with van der Waals surface area (Å²) in [5, 5.41) is 17.1. The summed E-state index contributed by atoms with van der Waals surface area (Å²) in [6, 6.07) is 18.3. The van der Waals surface area contributed by atoms with E-state index in [2.05, 4.69) is 15.6 Å². The molecule has 2 aromatic heterocycles. The first-order valence-corrected chi connectivity index (χ1v) is 10.8. The van der Waals surface area contributed by atoms with Crippen molar-refractivity contribution >= 4 is 40.1 Å². The van der Waals surface area contributed by atoms with E-state index in [4.69, 9.17) is 0 Å². The van der Waals surface area contributed by atoms with E-state index in [9.17, 15) is 14.7 Å². The predicted molar refractivity (Wildman–Crippen MR) is 122 cm³/mol. The number of aromatic nitrogens is 2. The smallest absolute Gasteiger partial charge is 0.319 e. The minimum Gasteiger partial charge on any atom is -0.481 e. The fourth-order valence-electron chi connectivity index (χ4n) is 3.50. The number of nitrogens with one attached hydrogen (secondary N) is 2.